The van der Waals surface area contributed by atoms with E-state index >= 15 is 0 Å². The van der Waals surface area contributed by atoms with Gasteiger partial charge in [0.2, 0.25) is 0 Å². The molecule has 0 nitrogen and oxygen atoms in total. The molecule has 0 aliphatic carbocycles. The van der Waals surface area contributed by atoms with Crippen molar-refractivity contribution in [2.24, 2.45) is 0 Å². The summed E-state index contributed by atoms with van der Waals surface area (Å²) in [5, 5.41) is 0. The third kappa shape index (κ3) is 5.81. The Labute approximate surface area is 179 Å². The zero-order valence-electron chi connectivity index (χ0n) is 17.2. The standard InChI is InChI=1S/3C8H5.C4H9.Sn/c3*1-2-8-6-4-3-5-7-8;1-4(2)3;/h3*3-7H;1-3H3;. The third-order valence-electron chi connectivity index (χ3n) is 4.63. The van der Waals surface area contributed by atoms with Gasteiger partial charge in [0.25, 0.3) is 0 Å². The predicted octanol–water partition coefficient (Wildman–Crippen LogP) is 6.01. The molecule has 0 N–H and O–H groups in total. The van der Waals surface area contributed by atoms with Gasteiger partial charge in [-0.05, 0) is 0 Å². The van der Waals surface area contributed by atoms with Crippen LogP contribution in [0.2, 0.25) is 3.43 Å². The van der Waals surface area contributed by atoms with Crippen LogP contribution in [-0.4, -0.2) is 18.4 Å². The molecule has 3 rings (SSSR count). The number of rotatable bonds is 0. The quantitative estimate of drug-likeness (QED) is 0.274. The van der Waals surface area contributed by atoms with Crippen molar-refractivity contribution in [2.45, 2.75) is 24.2 Å². The zero-order valence-corrected chi connectivity index (χ0v) is 20.0. The molecule has 29 heavy (non-hydrogen) atoms. The van der Waals surface area contributed by atoms with Crippen molar-refractivity contribution in [3.63, 3.8) is 0 Å². The molecule has 0 unspecified atom stereocenters. The van der Waals surface area contributed by atoms with Crippen LogP contribution in [0.3, 0.4) is 0 Å². The third-order valence-corrected chi connectivity index (χ3v) is 15.3. The first kappa shape index (κ1) is 20.9. The second kappa shape index (κ2) is 9.56. The van der Waals surface area contributed by atoms with Crippen molar-refractivity contribution in [1.82, 2.24) is 0 Å². The summed E-state index contributed by atoms with van der Waals surface area (Å²) in [7, 11) is 0. The Bertz CT molecular complexity index is 979. The normalized spacial score (nSPS) is 10.4. The maximum absolute atomic E-state index is 3.64. The Kier molecular flexibility index (Phi) is 6.88. The van der Waals surface area contributed by atoms with Gasteiger partial charge in [-0.15, -0.1) is 0 Å². The SMILES string of the molecule is C[C](C)(C)[Sn]([C]#Cc1ccccc1)([C]#Cc1ccccc1)[C]#Cc1ccccc1. The molecule has 140 valence electrons. The van der Waals surface area contributed by atoms with E-state index in [-0.39, 0.29) is 3.43 Å². The van der Waals surface area contributed by atoms with Crippen LogP contribution in [0.25, 0.3) is 0 Å². The van der Waals surface area contributed by atoms with Gasteiger partial charge in [0.1, 0.15) is 0 Å². The molecule has 0 atom stereocenters. The van der Waals surface area contributed by atoms with Crippen LogP contribution in [0.5, 0.6) is 0 Å². The van der Waals surface area contributed by atoms with Crippen LogP contribution in [0.15, 0.2) is 91.0 Å². The second-order valence-electron chi connectivity index (χ2n) is 7.85. The summed E-state index contributed by atoms with van der Waals surface area (Å²) in [5.74, 6) is 10.2. The summed E-state index contributed by atoms with van der Waals surface area (Å²) in [6.45, 7) is 6.71. The fourth-order valence-electron chi connectivity index (χ4n) is 2.72. The molecule has 0 saturated heterocycles. The van der Waals surface area contributed by atoms with Crippen molar-refractivity contribution in [1.29, 1.82) is 0 Å². The van der Waals surface area contributed by atoms with Crippen molar-refractivity contribution in [3.05, 3.63) is 108 Å². The molecule has 0 bridgehead atoms. The summed E-state index contributed by atoms with van der Waals surface area (Å²) in [6.07, 6.45) is 0. The summed E-state index contributed by atoms with van der Waals surface area (Å²) < 4.78 is 10.9. The molecular formula is C28H24Sn. The van der Waals surface area contributed by atoms with Crippen molar-refractivity contribution in [3.8, 4) is 29.6 Å². The Morgan fingerprint density at radius 2 is 0.759 bits per heavy atom. The molecule has 0 heterocycles. The molecular weight excluding hydrogens is 455 g/mol. The average molecular weight is 479 g/mol. The Balaban J connectivity index is 2.16. The van der Waals surface area contributed by atoms with Gasteiger partial charge in [-0.2, -0.15) is 0 Å². The molecule has 0 radical (unpaired) electrons. The first-order valence-corrected chi connectivity index (χ1v) is 15.4. The van der Waals surface area contributed by atoms with E-state index < -0.39 is 18.4 Å². The fourth-order valence-corrected chi connectivity index (χ4v) is 9.31. The number of hydrogen-bond acceptors (Lipinski definition) is 0. The molecule has 0 saturated carbocycles. The van der Waals surface area contributed by atoms with Gasteiger partial charge >= 0.3 is 180 Å². The van der Waals surface area contributed by atoms with Crippen LogP contribution < -0.4 is 0 Å². The molecule has 3 aromatic carbocycles. The van der Waals surface area contributed by atoms with Crippen LogP contribution >= 0.6 is 0 Å². The van der Waals surface area contributed by atoms with E-state index in [2.05, 4.69) is 50.3 Å². The van der Waals surface area contributed by atoms with Gasteiger partial charge in [-0.25, -0.2) is 0 Å². The molecule has 0 fully saturated rings. The van der Waals surface area contributed by atoms with E-state index in [1.807, 2.05) is 91.0 Å². The van der Waals surface area contributed by atoms with Crippen molar-refractivity contribution in [2.75, 3.05) is 0 Å². The zero-order chi connectivity index (χ0) is 20.6. The number of benzene rings is 3. The van der Waals surface area contributed by atoms with Gasteiger partial charge in [-0.3, -0.25) is 0 Å². The summed E-state index contributed by atoms with van der Waals surface area (Å²) >= 11 is -3.57. The van der Waals surface area contributed by atoms with Gasteiger partial charge in [0, 0.05) is 0 Å². The first-order valence-electron chi connectivity index (χ1n) is 9.73. The monoisotopic (exact) mass is 480 g/mol. The minimum atomic E-state index is -3.57. The van der Waals surface area contributed by atoms with E-state index in [1.54, 1.807) is 0 Å². The number of hydrogen-bond donors (Lipinski definition) is 0. The van der Waals surface area contributed by atoms with E-state index in [4.69, 9.17) is 0 Å². The maximum atomic E-state index is 3.64. The van der Waals surface area contributed by atoms with E-state index in [0.29, 0.717) is 0 Å². The molecule has 1 heteroatoms. The molecule has 0 spiro atoms. The van der Waals surface area contributed by atoms with E-state index in [1.165, 1.54) is 0 Å². The van der Waals surface area contributed by atoms with Crippen LogP contribution in [0, 0.1) is 29.6 Å². The molecule has 0 aliphatic rings. The first-order chi connectivity index (χ1) is 14.0. The van der Waals surface area contributed by atoms with Crippen molar-refractivity contribution < 1.29 is 0 Å². The van der Waals surface area contributed by atoms with E-state index in [0.717, 1.165) is 16.7 Å². The Morgan fingerprint density at radius 3 is 1.00 bits per heavy atom. The fraction of sp³-hybridized carbons (Fsp3) is 0.143. The van der Waals surface area contributed by atoms with Crippen molar-refractivity contribution >= 4 is 18.4 Å². The molecule has 0 aromatic heterocycles. The topological polar surface area (TPSA) is 0 Å². The summed E-state index contributed by atoms with van der Waals surface area (Å²) in [4.78, 5) is 0. The van der Waals surface area contributed by atoms with E-state index in [9.17, 15) is 0 Å². The molecule has 0 amide bonds. The van der Waals surface area contributed by atoms with Gasteiger partial charge < -0.3 is 0 Å². The minimum absolute atomic E-state index is 0.0555. The Morgan fingerprint density at radius 1 is 0.483 bits per heavy atom. The van der Waals surface area contributed by atoms with Crippen LogP contribution in [-0.2, 0) is 0 Å². The van der Waals surface area contributed by atoms with Gasteiger partial charge in [-0.1, -0.05) is 0 Å². The summed E-state index contributed by atoms with van der Waals surface area (Å²) in [5.41, 5.74) is 3.04. The molecule has 0 aliphatic heterocycles. The van der Waals surface area contributed by atoms with Crippen LogP contribution in [0.4, 0.5) is 0 Å². The van der Waals surface area contributed by atoms with Gasteiger partial charge in [0.15, 0.2) is 0 Å². The average Bonchev–Trinajstić information content (AvgIpc) is 2.75. The summed E-state index contributed by atoms with van der Waals surface area (Å²) in [6, 6.07) is 30.4. The Hall–Kier alpha value is -2.86. The van der Waals surface area contributed by atoms with Crippen LogP contribution in [0.1, 0.15) is 37.5 Å². The second-order valence-corrected chi connectivity index (χ2v) is 18.6. The van der Waals surface area contributed by atoms with Gasteiger partial charge in [0.05, 0.1) is 0 Å². The molecule has 3 aromatic rings. The predicted molar refractivity (Wildman–Crippen MR) is 125 cm³/mol.